The third kappa shape index (κ3) is 3.81. The number of nitrogens with zero attached hydrogens (tertiary/aromatic N) is 3. The Morgan fingerprint density at radius 2 is 1.94 bits per heavy atom. The van der Waals surface area contributed by atoms with E-state index in [0.29, 0.717) is 39.2 Å². The predicted octanol–water partition coefficient (Wildman–Crippen LogP) is 5.37. The molecule has 1 N–H and O–H groups in total. The fraction of sp³-hybridized carbons (Fsp3) is 0.120. The Labute approximate surface area is 203 Å². The van der Waals surface area contributed by atoms with Crippen LogP contribution in [-0.4, -0.2) is 33.4 Å². The van der Waals surface area contributed by atoms with Gasteiger partial charge < -0.3 is 9.84 Å². The van der Waals surface area contributed by atoms with E-state index in [2.05, 4.69) is 9.97 Å². The van der Waals surface area contributed by atoms with Crippen LogP contribution < -0.4 is 9.64 Å². The number of fused-ring (bicyclic) bond motifs is 1. The minimum atomic E-state index is -0.904. The molecule has 0 bridgehead atoms. The second-order valence-corrected chi connectivity index (χ2v) is 8.96. The average Bonchev–Trinajstić information content (AvgIpc) is 3.37. The third-order valence-electron chi connectivity index (χ3n) is 5.43. The first-order valence-electron chi connectivity index (χ1n) is 10.5. The number of Topliss-reactive ketones (excluding diaryl/α,β-unsaturated/α-hetero) is 1. The van der Waals surface area contributed by atoms with Crippen molar-refractivity contribution in [2.75, 3.05) is 11.5 Å². The molecule has 0 saturated carbocycles. The summed E-state index contributed by atoms with van der Waals surface area (Å²) in [5.74, 6) is -1.16. The minimum Gasteiger partial charge on any atom is -0.507 e. The molecule has 1 saturated heterocycles. The SMILES string of the molecule is CCOc1ccc2nc(N3C(=O)C(=O)/C(=C(/O)c4ccncc4)C3c3cccc(Cl)c3)sc2c1. The Bertz CT molecular complexity index is 1450. The van der Waals surface area contributed by atoms with E-state index in [1.165, 1.54) is 28.6 Å². The summed E-state index contributed by atoms with van der Waals surface area (Å²) in [6.45, 7) is 2.42. The summed E-state index contributed by atoms with van der Waals surface area (Å²) in [4.78, 5) is 36.4. The molecule has 1 fully saturated rings. The number of carbonyl (C=O) groups excluding carboxylic acids is 2. The summed E-state index contributed by atoms with van der Waals surface area (Å²) in [5, 5.41) is 11.9. The molecule has 7 nitrogen and oxygen atoms in total. The standard InChI is InChI=1S/C25H18ClN3O4S/c1-2-33-17-6-7-18-19(13-17)34-25(28-18)29-21(15-4-3-5-16(26)12-15)20(23(31)24(29)32)22(30)14-8-10-27-11-9-14/h3-13,21,30H,2H2,1H3/b22-20+. The number of amides is 1. The van der Waals surface area contributed by atoms with Crippen molar-refractivity contribution in [3.63, 3.8) is 0 Å². The highest BCUT2D eigenvalue weighted by Gasteiger charge is 2.48. The first-order valence-corrected chi connectivity index (χ1v) is 11.7. The third-order valence-corrected chi connectivity index (χ3v) is 6.68. The monoisotopic (exact) mass is 491 g/mol. The van der Waals surface area contributed by atoms with Gasteiger partial charge in [0.2, 0.25) is 0 Å². The zero-order valence-electron chi connectivity index (χ0n) is 17.9. The number of anilines is 1. The number of rotatable bonds is 5. The number of halogens is 1. The maximum Gasteiger partial charge on any atom is 0.301 e. The van der Waals surface area contributed by atoms with Gasteiger partial charge in [0.1, 0.15) is 11.5 Å². The largest absolute Gasteiger partial charge is 0.507 e. The van der Waals surface area contributed by atoms with E-state index in [4.69, 9.17) is 16.3 Å². The molecule has 1 aliphatic heterocycles. The number of hydrogen-bond acceptors (Lipinski definition) is 7. The van der Waals surface area contributed by atoms with Crippen LogP contribution in [0.1, 0.15) is 24.1 Å². The van der Waals surface area contributed by atoms with Gasteiger partial charge in [-0.15, -0.1) is 0 Å². The molecule has 0 spiro atoms. The number of aliphatic hydroxyl groups is 1. The molecule has 5 rings (SSSR count). The van der Waals surface area contributed by atoms with E-state index in [1.807, 2.05) is 19.1 Å². The van der Waals surface area contributed by atoms with Crippen LogP contribution in [0.15, 0.2) is 72.6 Å². The minimum absolute atomic E-state index is 0.0345. The fourth-order valence-electron chi connectivity index (χ4n) is 3.94. The van der Waals surface area contributed by atoms with Crippen molar-refractivity contribution in [2.45, 2.75) is 13.0 Å². The van der Waals surface area contributed by atoms with E-state index >= 15 is 0 Å². The van der Waals surface area contributed by atoms with Gasteiger partial charge in [-0.05, 0) is 55.0 Å². The molecule has 3 heterocycles. The Kier molecular flexibility index (Phi) is 5.77. The number of ether oxygens (including phenoxy) is 1. The molecule has 1 atom stereocenters. The zero-order valence-corrected chi connectivity index (χ0v) is 19.5. The highest BCUT2D eigenvalue weighted by atomic mass is 35.5. The quantitative estimate of drug-likeness (QED) is 0.229. The highest BCUT2D eigenvalue weighted by molar-refractivity contribution is 7.22. The topological polar surface area (TPSA) is 92.6 Å². The number of pyridine rings is 1. The lowest BCUT2D eigenvalue weighted by atomic mass is 9.96. The molecule has 1 amide bonds. The van der Waals surface area contributed by atoms with E-state index in [-0.39, 0.29) is 11.3 Å². The Hall–Kier alpha value is -3.75. The summed E-state index contributed by atoms with van der Waals surface area (Å²) in [6.07, 6.45) is 3.01. The lowest BCUT2D eigenvalue weighted by Gasteiger charge is -2.23. The van der Waals surface area contributed by atoms with Crippen molar-refractivity contribution in [2.24, 2.45) is 0 Å². The molecule has 1 aliphatic rings. The van der Waals surface area contributed by atoms with Crippen molar-refractivity contribution in [3.05, 3.63) is 88.7 Å². The molecule has 34 heavy (non-hydrogen) atoms. The summed E-state index contributed by atoms with van der Waals surface area (Å²) < 4.78 is 6.38. The molecule has 0 radical (unpaired) electrons. The number of aliphatic hydroxyl groups excluding tert-OH is 1. The fourth-order valence-corrected chi connectivity index (χ4v) is 5.16. The molecule has 2 aromatic heterocycles. The van der Waals surface area contributed by atoms with Gasteiger partial charge in [0.15, 0.2) is 5.13 Å². The van der Waals surface area contributed by atoms with Gasteiger partial charge in [-0.3, -0.25) is 19.5 Å². The van der Waals surface area contributed by atoms with Crippen molar-refractivity contribution < 1.29 is 19.4 Å². The van der Waals surface area contributed by atoms with Gasteiger partial charge in [0, 0.05) is 23.0 Å². The van der Waals surface area contributed by atoms with Crippen LogP contribution in [0.4, 0.5) is 5.13 Å². The molecule has 4 aromatic rings. The van der Waals surface area contributed by atoms with Gasteiger partial charge in [0.25, 0.3) is 5.78 Å². The van der Waals surface area contributed by atoms with Gasteiger partial charge >= 0.3 is 5.91 Å². The molecule has 0 aliphatic carbocycles. The normalized spacial score (nSPS) is 17.5. The summed E-state index contributed by atoms with van der Waals surface area (Å²) in [6, 6.07) is 14.6. The molecule has 2 aromatic carbocycles. The maximum absolute atomic E-state index is 13.3. The summed E-state index contributed by atoms with van der Waals surface area (Å²) in [5.41, 5.74) is 1.60. The number of hydrogen-bond donors (Lipinski definition) is 1. The van der Waals surface area contributed by atoms with Crippen LogP contribution in [0.2, 0.25) is 5.02 Å². The molecule has 1 unspecified atom stereocenters. The van der Waals surface area contributed by atoms with Gasteiger partial charge in [-0.1, -0.05) is 35.1 Å². The maximum atomic E-state index is 13.3. The number of carbonyl (C=O) groups is 2. The molecule has 170 valence electrons. The van der Waals surface area contributed by atoms with Crippen LogP contribution >= 0.6 is 22.9 Å². The Morgan fingerprint density at radius 3 is 2.68 bits per heavy atom. The van der Waals surface area contributed by atoms with Crippen LogP contribution in [0.25, 0.3) is 16.0 Å². The second kappa shape index (κ2) is 8.89. The van der Waals surface area contributed by atoms with Gasteiger partial charge in [-0.2, -0.15) is 0 Å². The van der Waals surface area contributed by atoms with Crippen molar-refractivity contribution in [3.8, 4) is 5.75 Å². The molecular weight excluding hydrogens is 474 g/mol. The van der Waals surface area contributed by atoms with E-state index < -0.39 is 17.7 Å². The number of aromatic nitrogens is 2. The Morgan fingerprint density at radius 1 is 1.15 bits per heavy atom. The smallest absolute Gasteiger partial charge is 0.301 e. The Balaban J connectivity index is 1.70. The first-order chi connectivity index (χ1) is 16.5. The second-order valence-electron chi connectivity index (χ2n) is 7.52. The highest BCUT2D eigenvalue weighted by Crippen LogP contribution is 2.44. The lowest BCUT2D eigenvalue weighted by molar-refractivity contribution is -0.132. The number of benzene rings is 2. The van der Waals surface area contributed by atoms with E-state index in [1.54, 1.807) is 42.5 Å². The average molecular weight is 492 g/mol. The van der Waals surface area contributed by atoms with Crippen LogP contribution in [0.5, 0.6) is 5.75 Å². The van der Waals surface area contributed by atoms with E-state index in [0.717, 1.165) is 4.70 Å². The van der Waals surface area contributed by atoms with Gasteiger partial charge in [-0.25, -0.2) is 4.98 Å². The summed E-state index contributed by atoms with van der Waals surface area (Å²) >= 11 is 7.51. The van der Waals surface area contributed by atoms with Crippen LogP contribution in [0.3, 0.4) is 0 Å². The number of ketones is 1. The number of thiazole rings is 1. The first kappa shape index (κ1) is 22.1. The summed E-state index contributed by atoms with van der Waals surface area (Å²) in [7, 11) is 0. The predicted molar refractivity (Wildman–Crippen MR) is 131 cm³/mol. The van der Waals surface area contributed by atoms with Crippen molar-refractivity contribution >= 4 is 55.7 Å². The van der Waals surface area contributed by atoms with E-state index in [9.17, 15) is 14.7 Å². The van der Waals surface area contributed by atoms with Crippen molar-refractivity contribution in [1.29, 1.82) is 0 Å². The van der Waals surface area contributed by atoms with Crippen molar-refractivity contribution in [1.82, 2.24) is 9.97 Å². The van der Waals surface area contributed by atoms with Gasteiger partial charge in [0.05, 0.1) is 28.4 Å². The molecular formula is C25H18ClN3O4S. The van der Waals surface area contributed by atoms with Crippen LogP contribution in [0, 0.1) is 0 Å². The zero-order chi connectivity index (χ0) is 23.8. The lowest BCUT2D eigenvalue weighted by Crippen LogP contribution is -2.29. The molecule has 9 heteroatoms. The van der Waals surface area contributed by atoms with Crippen LogP contribution in [-0.2, 0) is 9.59 Å².